The van der Waals surface area contributed by atoms with Gasteiger partial charge in [0.2, 0.25) is 5.91 Å². The van der Waals surface area contributed by atoms with Crippen molar-refractivity contribution in [1.82, 2.24) is 10.6 Å². The zero-order valence-electron chi connectivity index (χ0n) is 16.0. The van der Waals surface area contributed by atoms with Crippen LogP contribution in [0.15, 0.2) is 36.4 Å². The Kier molecular flexibility index (Phi) is 9.05. The van der Waals surface area contributed by atoms with Crippen LogP contribution in [-0.2, 0) is 14.3 Å². The van der Waals surface area contributed by atoms with Crippen molar-refractivity contribution in [1.29, 1.82) is 0 Å². The van der Waals surface area contributed by atoms with Crippen LogP contribution in [0, 0.1) is 0 Å². The van der Waals surface area contributed by atoms with Crippen LogP contribution in [0.5, 0.6) is 0 Å². The zero-order chi connectivity index (χ0) is 20.3. The Hall–Kier alpha value is -2.83. The third kappa shape index (κ3) is 10.7. The number of ether oxygens (including phenoxy) is 1. The second kappa shape index (κ2) is 11.0. The minimum atomic E-state index is -1.09. The van der Waals surface area contributed by atoms with E-state index < -0.39 is 29.6 Å². The molecular formula is C20H28N2O5. The van der Waals surface area contributed by atoms with Gasteiger partial charge in [0, 0.05) is 12.6 Å². The van der Waals surface area contributed by atoms with Gasteiger partial charge in [-0.15, -0.1) is 0 Å². The SMILES string of the molecule is CC(C)(C)OC(=O)NCCCC[C@H](NC(=O)C=Cc1ccccc1)C(=O)O. The molecule has 0 bridgehead atoms. The number of aliphatic carboxylic acids is 1. The lowest BCUT2D eigenvalue weighted by Crippen LogP contribution is -2.40. The number of carbonyl (C=O) groups excluding carboxylic acids is 2. The minimum absolute atomic E-state index is 0.274. The topological polar surface area (TPSA) is 105 Å². The first-order chi connectivity index (χ1) is 12.7. The van der Waals surface area contributed by atoms with Gasteiger partial charge in [-0.25, -0.2) is 9.59 Å². The van der Waals surface area contributed by atoms with Crippen molar-refractivity contribution < 1.29 is 24.2 Å². The second-order valence-electron chi connectivity index (χ2n) is 7.07. The van der Waals surface area contributed by atoms with Gasteiger partial charge in [-0.3, -0.25) is 4.79 Å². The van der Waals surface area contributed by atoms with E-state index in [9.17, 15) is 19.5 Å². The normalized spacial score (nSPS) is 12.4. The molecule has 7 nitrogen and oxygen atoms in total. The van der Waals surface area contributed by atoms with Crippen molar-refractivity contribution in [2.24, 2.45) is 0 Å². The molecule has 1 atom stereocenters. The Balaban J connectivity index is 2.33. The van der Waals surface area contributed by atoms with Gasteiger partial charge in [-0.05, 0) is 51.7 Å². The zero-order valence-corrected chi connectivity index (χ0v) is 16.0. The molecular weight excluding hydrogens is 348 g/mol. The van der Waals surface area contributed by atoms with E-state index in [2.05, 4.69) is 10.6 Å². The van der Waals surface area contributed by atoms with Crippen LogP contribution >= 0.6 is 0 Å². The Morgan fingerprint density at radius 3 is 2.41 bits per heavy atom. The first kappa shape index (κ1) is 22.2. The van der Waals surface area contributed by atoms with E-state index in [0.717, 1.165) is 5.56 Å². The highest BCUT2D eigenvalue weighted by Crippen LogP contribution is 2.07. The second-order valence-corrected chi connectivity index (χ2v) is 7.07. The molecule has 1 rings (SSSR count). The molecule has 2 amide bonds. The molecule has 0 aliphatic heterocycles. The van der Waals surface area contributed by atoms with Crippen molar-refractivity contribution in [3.63, 3.8) is 0 Å². The van der Waals surface area contributed by atoms with Crippen molar-refractivity contribution in [3.8, 4) is 0 Å². The molecule has 0 saturated carbocycles. The summed E-state index contributed by atoms with van der Waals surface area (Å²) in [5.41, 5.74) is 0.295. The molecule has 0 saturated heterocycles. The number of carbonyl (C=O) groups is 3. The summed E-state index contributed by atoms with van der Waals surface area (Å²) in [6, 6.07) is 8.28. The molecule has 1 aromatic carbocycles. The number of benzene rings is 1. The van der Waals surface area contributed by atoms with Gasteiger partial charge in [0.25, 0.3) is 0 Å². The van der Waals surface area contributed by atoms with Gasteiger partial charge >= 0.3 is 12.1 Å². The van der Waals surface area contributed by atoms with Crippen molar-refractivity contribution in [3.05, 3.63) is 42.0 Å². The lowest BCUT2D eigenvalue weighted by atomic mass is 10.1. The maximum absolute atomic E-state index is 11.9. The summed E-state index contributed by atoms with van der Waals surface area (Å²) >= 11 is 0. The number of alkyl carbamates (subject to hydrolysis) is 1. The van der Waals surface area contributed by atoms with Crippen LogP contribution in [0.4, 0.5) is 4.79 Å². The van der Waals surface area contributed by atoms with Crippen LogP contribution in [-0.4, -0.2) is 41.3 Å². The van der Waals surface area contributed by atoms with Crippen LogP contribution in [0.25, 0.3) is 6.08 Å². The average molecular weight is 376 g/mol. The number of unbranched alkanes of at least 4 members (excludes halogenated alkanes) is 1. The highest BCUT2D eigenvalue weighted by atomic mass is 16.6. The Morgan fingerprint density at radius 1 is 1.15 bits per heavy atom. The number of hydrogen-bond acceptors (Lipinski definition) is 4. The quantitative estimate of drug-likeness (QED) is 0.454. The molecule has 0 fully saturated rings. The summed E-state index contributed by atoms with van der Waals surface area (Å²) in [7, 11) is 0. The van der Waals surface area contributed by atoms with Crippen LogP contribution in [0.3, 0.4) is 0 Å². The Morgan fingerprint density at radius 2 is 1.81 bits per heavy atom. The van der Waals surface area contributed by atoms with E-state index in [4.69, 9.17) is 4.74 Å². The van der Waals surface area contributed by atoms with E-state index >= 15 is 0 Å². The number of hydrogen-bond donors (Lipinski definition) is 3. The lowest BCUT2D eigenvalue weighted by molar-refractivity contribution is -0.141. The van der Waals surface area contributed by atoms with E-state index in [1.165, 1.54) is 6.08 Å². The summed E-state index contributed by atoms with van der Waals surface area (Å²) in [4.78, 5) is 34.7. The third-order valence-corrected chi connectivity index (χ3v) is 3.43. The number of carboxylic acid groups (broad SMARTS) is 1. The van der Waals surface area contributed by atoms with Crippen molar-refractivity contribution in [2.45, 2.75) is 51.7 Å². The first-order valence-corrected chi connectivity index (χ1v) is 8.90. The van der Waals surface area contributed by atoms with Crippen molar-refractivity contribution in [2.75, 3.05) is 6.54 Å². The molecule has 148 valence electrons. The van der Waals surface area contributed by atoms with Crippen LogP contribution in [0.2, 0.25) is 0 Å². The molecule has 7 heteroatoms. The fourth-order valence-corrected chi connectivity index (χ4v) is 2.19. The standard InChI is InChI=1S/C20H28N2O5/c1-20(2,3)27-19(26)21-14-8-7-11-16(18(24)25)22-17(23)13-12-15-9-5-4-6-10-15/h4-6,9-10,12-13,16H,7-8,11,14H2,1-3H3,(H,21,26)(H,22,23)(H,24,25)/t16-/m0/s1. The first-order valence-electron chi connectivity index (χ1n) is 8.90. The molecule has 0 radical (unpaired) electrons. The molecule has 0 aromatic heterocycles. The van der Waals surface area contributed by atoms with Gasteiger partial charge in [0.05, 0.1) is 0 Å². The highest BCUT2D eigenvalue weighted by molar-refractivity contribution is 5.94. The predicted molar refractivity (Wildman–Crippen MR) is 103 cm³/mol. The van der Waals surface area contributed by atoms with E-state index in [1.54, 1.807) is 26.8 Å². The molecule has 0 aliphatic carbocycles. The summed E-state index contributed by atoms with van der Waals surface area (Å²) in [6.45, 7) is 5.71. The Bertz CT molecular complexity index is 650. The molecule has 0 unspecified atom stereocenters. The Labute approximate surface area is 159 Å². The number of amides is 2. The van der Waals surface area contributed by atoms with E-state index in [-0.39, 0.29) is 6.42 Å². The molecule has 0 spiro atoms. The largest absolute Gasteiger partial charge is 0.480 e. The predicted octanol–water partition coefficient (Wildman–Crippen LogP) is 2.96. The van der Waals surface area contributed by atoms with Gasteiger partial charge in [-0.1, -0.05) is 30.3 Å². The molecule has 0 heterocycles. The third-order valence-electron chi connectivity index (χ3n) is 3.43. The highest BCUT2D eigenvalue weighted by Gasteiger charge is 2.19. The minimum Gasteiger partial charge on any atom is -0.480 e. The fourth-order valence-electron chi connectivity index (χ4n) is 2.19. The maximum atomic E-state index is 11.9. The molecule has 3 N–H and O–H groups in total. The summed E-state index contributed by atoms with van der Waals surface area (Å²) in [5, 5.41) is 14.3. The number of nitrogens with one attached hydrogen (secondary N) is 2. The molecule has 1 aromatic rings. The molecule has 0 aliphatic rings. The number of carboxylic acids is 1. The summed E-state index contributed by atoms with van der Waals surface area (Å²) in [6.07, 6.45) is 3.83. The van der Waals surface area contributed by atoms with Gasteiger partial charge < -0.3 is 20.5 Å². The smallest absolute Gasteiger partial charge is 0.407 e. The van der Waals surface area contributed by atoms with E-state index in [0.29, 0.717) is 19.4 Å². The maximum Gasteiger partial charge on any atom is 0.407 e. The monoisotopic (exact) mass is 376 g/mol. The molecule has 27 heavy (non-hydrogen) atoms. The van der Waals surface area contributed by atoms with Crippen molar-refractivity contribution >= 4 is 24.0 Å². The number of rotatable bonds is 9. The van der Waals surface area contributed by atoms with Crippen LogP contribution < -0.4 is 10.6 Å². The summed E-state index contributed by atoms with van der Waals surface area (Å²) in [5.74, 6) is -1.55. The van der Waals surface area contributed by atoms with Gasteiger partial charge in [-0.2, -0.15) is 0 Å². The van der Waals surface area contributed by atoms with Gasteiger partial charge in [0.15, 0.2) is 0 Å². The van der Waals surface area contributed by atoms with E-state index in [1.807, 2.05) is 30.3 Å². The summed E-state index contributed by atoms with van der Waals surface area (Å²) < 4.78 is 5.11. The fraction of sp³-hybridized carbons (Fsp3) is 0.450. The lowest BCUT2D eigenvalue weighted by Gasteiger charge is -2.19. The average Bonchev–Trinajstić information content (AvgIpc) is 2.57. The van der Waals surface area contributed by atoms with Crippen LogP contribution in [0.1, 0.15) is 45.6 Å². The van der Waals surface area contributed by atoms with Gasteiger partial charge in [0.1, 0.15) is 11.6 Å².